The van der Waals surface area contributed by atoms with Gasteiger partial charge in [-0.1, -0.05) is 18.2 Å². The number of pyridine rings is 1. The molecule has 1 aromatic carbocycles. The summed E-state index contributed by atoms with van der Waals surface area (Å²) in [6.45, 7) is 4.96. The molecule has 144 valence electrons. The number of aromatic nitrogens is 1. The standard InChI is InChI=1S/C18H18N6O4/c1-4-9-23-16(27)17(28)24(18(23)20-19)21-10(2)13-14(25)11-7-5-6-8-12(11)22(3)15(13)26/h4-8,25H,1,9,19H2,2-3H3/b20-18+,21-10+. The number of carbonyl (C=O) groups excluding carboxylic acids is 2. The van der Waals surface area contributed by atoms with E-state index in [2.05, 4.69) is 16.8 Å². The second-order valence-corrected chi connectivity index (χ2v) is 6.04. The lowest BCUT2D eigenvalue weighted by Gasteiger charge is -2.15. The van der Waals surface area contributed by atoms with E-state index in [1.54, 1.807) is 31.3 Å². The molecule has 1 aliphatic heterocycles. The van der Waals surface area contributed by atoms with Crippen LogP contribution in [0.3, 0.4) is 0 Å². The first-order valence-electron chi connectivity index (χ1n) is 8.24. The van der Waals surface area contributed by atoms with E-state index in [0.29, 0.717) is 15.9 Å². The van der Waals surface area contributed by atoms with Crippen molar-refractivity contribution >= 4 is 34.4 Å². The van der Waals surface area contributed by atoms with Gasteiger partial charge in [0.05, 0.1) is 11.2 Å². The molecule has 3 N–H and O–H groups in total. The van der Waals surface area contributed by atoms with Crippen molar-refractivity contribution < 1.29 is 14.7 Å². The average molecular weight is 382 g/mol. The summed E-state index contributed by atoms with van der Waals surface area (Å²) in [6.07, 6.45) is 1.40. The van der Waals surface area contributed by atoms with Crippen molar-refractivity contribution in [1.82, 2.24) is 14.5 Å². The topological polar surface area (TPSA) is 134 Å². The van der Waals surface area contributed by atoms with E-state index in [9.17, 15) is 19.5 Å². The van der Waals surface area contributed by atoms with Crippen LogP contribution in [0.4, 0.5) is 0 Å². The van der Waals surface area contributed by atoms with Crippen LogP contribution in [0.25, 0.3) is 10.9 Å². The van der Waals surface area contributed by atoms with Crippen molar-refractivity contribution in [3.63, 3.8) is 0 Å². The number of hydrogen-bond donors (Lipinski definition) is 2. The molecular formula is C18H18N6O4. The lowest BCUT2D eigenvalue weighted by molar-refractivity contribution is -0.143. The van der Waals surface area contributed by atoms with Crippen LogP contribution < -0.4 is 11.4 Å². The van der Waals surface area contributed by atoms with E-state index in [-0.39, 0.29) is 29.5 Å². The molecule has 0 atom stereocenters. The number of aryl methyl sites for hydroxylation is 1. The number of para-hydroxylation sites is 1. The highest BCUT2D eigenvalue weighted by Gasteiger charge is 2.43. The SMILES string of the molecule is C=CCN1C(=O)C(=O)N(/N=C(\C)c2c(O)c3ccccc3n(C)c2=O)/C1=N/N. The molecule has 10 nitrogen and oxygen atoms in total. The van der Waals surface area contributed by atoms with Crippen molar-refractivity contribution in [1.29, 1.82) is 0 Å². The number of guanidine groups is 1. The van der Waals surface area contributed by atoms with Gasteiger partial charge < -0.3 is 15.5 Å². The van der Waals surface area contributed by atoms with Gasteiger partial charge in [0.25, 0.3) is 11.5 Å². The van der Waals surface area contributed by atoms with Gasteiger partial charge in [0, 0.05) is 19.0 Å². The highest BCUT2D eigenvalue weighted by atomic mass is 16.3. The normalized spacial score (nSPS) is 16.5. The zero-order chi connectivity index (χ0) is 20.6. The maximum absolute atomic E-state index is 12.8. The van der Waals surface area contributed by atoms with Crippen LogP contribution in [0.1, 0.15) is 12.5 Å². The van der Waals surface area contributed by atoms with Crippen LogP contribution in [0.2, 0.25) is 0 Å². The molecule has 0 saturated carbocycles. The average Bonchev–Trinajstić information content (AvgIpc) is 2.91. The smallest absolute Gasteiger partial charge is 0.340 e. The lowest BCUT2D eigenvalue weighted by atomic mass is 10.1. The quantitative estimate of drug-likeness (QED) is 0.253. The molecule has 0 aliphatic carbocycles. The minimum atomic E-state index is -0.984. The number of benzene rings is 1. The summed E-state index contributed by atoms with van der Waals surface area (Å²) in [5.41, 5.74) is -0.0495. The molecule has 0 unspecified atom stereocenters. The molecule has 0 radical (unpaired) electrons. The van der Waals surface area contributed by atoms with Crippen molar-refractivity contribution in [2.24, 2.45) is 23.1 Å². The predicted octanol–water partition coefficient (Wildman–Crippen LogP) is 0.0546. The third-order valence-corrected chi connectivity index (χ3v) is 4.37. The van der Waals surface area contributed by atoms with Gasteiger partial charge in [-0.2, -0.15) is 10.1 Å². The van der Waals surface area contributed by atoms with Crippen LogP contribution in [-0.2, 0) is 16.6 Å². The minimum Gasteiger partial charge on any atom is -0.506 e. The molecule has 28 heavy (non-hydrogen) atoms. The molecule has 0 spiro atoms. The Kier molecular flexibility index (Phi) is 4.70. The van der Waals surface area contributed by atoms with E-state index in [1.165, 1.54) is 17.6 Å². The fourth-order valence-electron chi connectivity index (χ4n) is 3.02. The lowest BCUT2D eigenvalue weighted by Crippen LogP contribution is -2.34. The first-order chi connectivity index (χ1) is 13.3. The molecule has 1 saturated heterocycles. The number of hydrazone groups is 2. The Bertz CT molecular complexity index is 1130. The van der Waals surface area contributed by atoms with E-state index in [4.69, 9.17) is 5.84 Å². The molecule has 10 heteroatoms. The van der Waals surface area contributed by atoms with E-state index in [1.807, 2.05) is 0 Å². The number of nitrogens with two attached hydrogens (primary N) is 1. The van der Waals surface area contributed by atoms with Crippen LogP contribution in [0.15, 0.2) is 51.9 Å². The number of carbonyl (C=O) groups is 2. The number of nitrogens with zero attached hydrogens (tertiary/aromatic N) is 5. The van der Waals surface area contributed by atoms with Gasteiger partial charge in [0.2, 0.25) is 0 Å². The molecule has 1 aliphatic rings. The number of rotatable bonds is 4. The summed E-state index contributed by atoms with van der Waals surface area (Å²) in [7, 11) is 1.56. The predicted molar refractivity (Wildman–Crippen MR) is 103 cm³/mol. The zero-order valence-electron chi connectivity index (χ0n) is 15.3. The van der Waals surface area contributed by atoms with Crippen LogP contribution in [0, 0.1) is 0 Å². The van der Waals surface area contributed by atoms with Gasteiger partial charge in [-0.15, -0.1) is 11.7 Å². The molecule has 1 aromatic heterocycles. The number of aromatic hydroxyl groups is 1. The third kappa shape index (κ3) is 2.71. The third-order valence-electron chi connectivity index (χ3n) is 4.37. The first kappa shape index (κ1) is 18.8. The van der Waals surface area contributed by atoms with Crippen LogP contribution in [-0.4, -0.2) is 49.6 Å². The van der Waals surface area contributed by atoms with E-state index in [0.717, 1.165) is 4.90 Å². The Morgan fingerprint density at radius 3 is 2.57 bits per heavy atom. The molecule has 2 heterocycles. The summed E-state index contributed by atoms with van der Waals surface area (Å²) in [4.78, 5) is 38.2. The Labute approximate surface area is 159 Å². The van der Waals surface area contributed by atoms with E-state index < -0.39 is 17.4 Å². The number of hydrogen-bond acceptors (Lipinski definition) is 7. The summed E-state index contributed by atoms with van der Waals surface area (Å²) in [6, 6.07) is 6.82. The van der Waals surface area contributed by atoms with E-state index >= 15 is 0 Å². The second-order valence-electron chi connectivity index (χ2n) is 6.04. The monoisotopic (exact) mass is 382 g/mol. The number of fused-ring (bicyclic) bond motifs is 1. The number of amides is 2. The molecular weight excluding hydrogens is 364 g/mol. The zero-order valence-corrected chi connectivity index (χ0v) is 15.3. The van der Waals surface area contributed by atoms with Crippen molar-refractivity contribution in [3.8, 4) is 5.75 Å². The maximum Gasteiger partial charge on any atom is 0.340 e. The maximum atomic E-state index is 12.8. The van der Waals surface area contributed by atoms with Crippen molar-refractivity contribution in [2.75, 3.05) is 6.54 Å². The van der Waals surface area contributed by atoms with Gasteiger partial charge in [-0.25, -0.2) is 0 Å². The van der Waals surface area contributed by atoms with Gasteiger partial charge in [0.1, 0.15) is 11.3 Å². The minimum absolute atomic E-state index is 0.00860. The van der Waals surface area contributed by atoms with Crippen molar-refractivity contribution in [2.45, 2.75) is 6.92 Å². The largest absolute Gasteiger partial charge is 0.506 e. The molecule has 1 fully saturated rings. The Balaban J connectivity index is 2.17. The van der Waals surface area contributed by atoms with Gasteiger partial charge in [-0.3, -0.25) is 19.3 Å². The highest BCUT2D eigenvalue weighted by Crippen LogP contribution is 2.26. The Morgan fingerprint density at radius 2 is 1.93 bits per heavy atom. The van der Waals surface area contributed by atoms with Crippen molar-refractivity contribution in [3.05, 3.63) is 52.8 Å². The molecule has 2 amide bonds. The summed E-state index contributed by atoms with van der Waals surface area (Å²) >= 11 is 0. The highest BCUT2D eigenvalue weighted by molar-refractivity contribution is 6.45. The fraction of sp³-hybridized carbons (Fsp3) is 0.167. The second kappa shape index (κ2) is 6.99. The summed E-state index contributed by atoms with van der Waals surface area (Å²) < 4.78 is 1.36. The van der Waals surface area contributed by atoms with Gasteiger partial charge >= 0.3 is 11.8 Å². The Hall–Kier alpha value is -3.95. The Morgan fingerprint density at radius 1 is 1.25 bits per heavy atom. The van der Waals surface area contributed by atoms with Crippen LogP contribution in [0.5, 0.6) is 5.75 Å². The molecule has 3 rings (SSSR count). The molecule has 2 aromatic rings. The summed E-state index contributed by atoms with van der Waals surface area (Å²) in [5.74, 6) is 2.99. The van der Waals surface area contributed by atoms with Gasteiger partial charge in [-0.05, 0) is 19.1 Å². The van der Waals surface area contributed by atoms with Crippen LogP contribution >= 0.6 is 0 Å². The van der Waals surface area contributed by atoms with Gasteiger partial charge in [0.15, 0.2) is 0 Å². The first-order valence-corrected chi connectivity index (χ1v) is 8.24. The summed E-state index contributed by atoms with van der Waals surface area (Å²) in [5, 5.41) is 19.3. The molecule has 0 bridgehead atoms. The fourth-order valence-corrected chi connectivity index (χ4v) is 3.02.